The number of aliphatic hydroxyl groups excluding tert-OH is 1. The van der Waals surface area contributed by atoms with E-state index in [0.717, 1.165) is 79.0 Å². The molecule has 4 aromatic rings. The molecule has 6 rings (SSSR count). The van der Waals surface area contributed by atoms with Gasteiger partial charge in [-0.25, -0.2) is 4.98 Å². The lowest BCUT2D eigenvalue weighted by Gasteiger charge is -2.36. The first-order valence-electron chi connectivity index (χ1n) is 11.6. The molecular formula is C24H26N6O2S. The summed E-state index contributed by atoms with van der Waals surface area (Å²) >= 11 is 1.56. The number of hydrogen-bond acceptors (Lipinski definition) is 8. The largest absolute Gasteiger partial charge is 0.391 e. The molecule has 8 nitrogen and oxygen atoms in total. The zero-order chi connectivity index (χ0) is 22.4. The molecule has 9 heteroatoms. The third kappa shape index (κ3) is 3.55. The minimum atomic E-state index is -0.496. The van der Waals surface area contributed by atoms with Crippen molar-refractivity contribution in [3.8, 4) is 0 Å². The molecule has 1 aliphatic carbocycles. The Kier molecular flexibility index (Phi) is 5.22. The summed E-state index contributed by atoms with van der Waals surface area (Å²) in [6, 6.07) is 10.0. The average Bonchev–Trinajstić information content (AvgIpc) is 3.40. The topological polar surface area (TPSA) is 87.4 Å². The fraction of sp³-hybridized carbons (Fsp3) is 0.417. The molecule has 1 saturated carbocycles. The van der Waals surface area contributed by atoms with Crippen LogP contribution in [0.15, 0.2) is 47.0 Å². The number of fused-ring (bicyclic) bond motifs is 3. The summed E-state index contributed by atoms with van der Waals surface area (Å²) in [7, 11) is 0. The molecule has 2 fully saturated rings. The highest BCUT2D eigenvalue weighted by atomic mass is 32.1. The first-order valence-corrected chi connectivity index (χ1v) is 12.5. The first-order chi connectivity index (χ1) is 16.2. The third-order valence-electron chi connectivity index (χ3n) is 7.06. The minimum absolute atomic E-state index is 0.0644. The zero-order valence-electron chi connectivity index (χ0n) is 18.3. The number of anilines is 2. The van der Waals surface area contributed by atoms with E-state index < -0.39 is 6.10 Å². The van der Waals surface area contributed by atoms with Crippen LogP contribution in [0.1, 0.15) is 31.7 Å². The van der Waals surface area contributed by atoms with Gasteiger partial charge < -0.3 is 14.9 Å². The van der Waals surface area contributed by atoms with E-state index in [4.69, 9.17) is 4.98 Å². The number of nitrogens with zero attached hydrogens (tertiary/aromatic N) is 6. The van der Waals surface area contributed by atoms with Crippen LogP contribution < -0.4 is 15.4 Å². The molecule has 1 N–H and O–H groups in total. The number of benzene rings is 2. The molecule has 0 bridgehead atoms. The smallest absolute Gasteiger partial charge is 0.261 e. The minimum Gasteiger partial charge on any atom is -0.391 e. The summed E-state index contributed by atoms with van der Waals surface area (Å²) in [5.41, 5.74) is 3.49. The molecule has 2 aromatic heterocycles. The van der Waals surface area contributed by atoms with Gasteiger partial charge in [0.15, 0.2) is 0 Å². The van der Waals surface area contributed by atoms with E-state index in [1.165, 1.54) is 0 Å². The fourth-order valence-electron chi connectivity index (χ4n) is 5.31. The molecule has 0 spiro atoms. The van der Waals surface area contributed by atoms with Gasteiger partial charge in [-0.05, 0) is 18.9 Å². The van der Waals surface area contributed by atoms with Gasteiger partial charge in [-0.15, -0.1) is 10.2 Å². The maximum absolute atomic E-state index is 13.6. The van der Waals surface area contributed by atoms with E-state index >= 15 is 0 Å². The highest BCUT2D eigenvalue weighted by molar-refractivity contribution is 7.13. The van der Waals surface area contributed by atoms with Crippen molar-refractivity contribution >= 4 is 43.8 Å². The molecule has 1 aliphatic heterocycles. The van der Waals surface area contributed by atoms with Gasteiger partial charge in [0.05, 0.1) is 29.4 Å². The molecule has 2 aromatic carbocycles. The quantitative estimate of drug-likeness (QED) is 0.468. The molecule has 0 unspecified atom stereocenters. The molecule has 1 saturated heterocycles. The van der Waals surface area contributed by atoms with Gasteiger partial charge in [-0.1, -0.05) is 48.4 Å². The van der Waals surface area contributed by atoms with E-state index in [0.29, 0.717) is 5.39 Å². The lowest BCUT2D eigenvalue weighted by atomic mass is 9.92. The van der Waals surface area contributed by atoms with Gasteiger partial charge in [0, 0.05) is 42.6 Å². The van der Waals surface area contributed by atoms with Gasteiger partial charge in [-0.2, -0.15) is 0 Å². The predicted molar refractivity (Wildman–Crippen MR) is 131 cm³/mol. The van der Waals surface area contributed by atoms with Crippen LogP contribution in [0.2, 0.25) is 0 Å². The normalized spacial score (nSPS) is 21.7. The van der Waals surface area contributed by atoms with Gasteiger partial charge in [0.25, 0.3) is 5.56 Å². The van der Waals surface area contributed by atoms with Crippen LogP contribution in [0.4, 0.5) is 10.8 Å². The number of piperazine rings is 1. The Morgan fingerprint density at radius 3 is 2.48 bits per heavy atom. The number of aromatic nitrogens is 4. The summed E-state index contributed by atoms with van der Waals surface area (Å²) < 4.78 is 1.66. The Balaban J connectivity index is 1.43. The molecule has 170 valence electrons. The van der Waals surface area contributed by atoms with Crippen molar-refractivity contribution in [2.45, 2.75) is 37.8 Å². The highest BCUT2D eigenvalue weighted by Crippen LogP contribution is 2.34. The molecule has 0 radical (unpaired) electrons. The molecule has 2 atom stereocenters. The van der Waals surface area contributed by atoms with Gasteiger partial charge >= 0.3 is 0 Å². The third-order valence-corrected chi connectivity index (χ3v) is 7.81. The number of rotatable bonds is 3. The van der Waals surface area contributed by atoms with Crippen LogP contribution in [0.3, 0.4) is 0 Å². The first kappa shape index (κ1) is 20.6. The van der Waals surface area contributed by atoms with Crippen molar-refractivity contribution in [1.82, 2.24) is 19.7 Å². The van der Waals surface area contributed by atoms with Crippen LogP contribution in [0.25, 0.3) is 21.7 Å². The zero-order valence-corrected chi connectivity index (χ0v) is 19.1. The van der Waals surface area contributed by atoms with E-state index in [1.807, 2.05) is 24.3 Å². The van der Waals surface area contributed by atoms with Crippen LogP contribution in [0.5, 0.6) is 0 Å². The van der Waals surface area contributed by atoms with Crippen molar-refractivity contribution in [2.24, 2.45) is 0 Å². The van der Waals surface area contributed by atoms with Crippen molar-refractivity contribution in [3.63, 3.8) is 0 Å². The highest BCUT2D eigenvalue weighted by Gasteiger charge is 2.27. The lowest BCUT2D eigenvalue weighted by molar-refractivity contribution is 0.0735. The van der Waals surface area contributed by atoms with Crippen molar-refractivity contribution < 1.29 is 5.11 Å². The molecule has 3 heterocycles. The number of hydrogen-bond donors (Lipinski definition) is 1. The maximum Gasteiger partial charge on any atom is 0.261 e. The standard InChI is InChI=1S/C24H26N6O2S/c31-21-8-4-3-7-19(21)30-14-25-22-17-6-2-1-5-16(17)20(13-18(22)23(30)32)28-9-11-29(12-10-28)24-27-26-15-33-24/h1-2,5-6,13-15,19,21,31H,3-4,7-12H2/t19-,21-/m0/s1. The van der Waals surface area contributed by atoms with Crippen molar-refractivity contribution in [3.05, 3.63) is 52.5 Å². The second-order valence-electron chi connectivity index (χ2n) is 8.91. The Bertz CT molecular complexity index is 1350. The SMILES string of the molecule is O=c1c2cc(N3CCN(c4nncs4)CC3)c3ccccc3c2ncn1[C@H]1CCCC[C@@H]1O. The summed E-state index contributed by atoms with van der Waals surface area (Å²) in [4.78, 5) is 23.0. The summed E-state index contributed by atoms with van der Waals surface area (Å²) in [5, 5.41) is 22.4. The summed E-state index contributed by atoms with van der Waals surface area (Å²) in [6.45, 7) is 3.38. The fourth-order valence-corrected chi connectivity index (χ4v) is 5.93. The van der Waals surface area contributed by atoms with Crippen molar-refractivity contribution in [2.75, 3.05) is 36.0 Å². The molecule has 0 amide bonds. The maximum atomic E-state index is 13.6. The Morgan fingerprint density at radius 2 is 1.73 bits per heavy atom. The average molecular weight is 463 g/mol. The summed E-state index contributed by atoms with van der Waals surface area (Å²) in [6.07, 6.45) is 4.71. The van der Waals surface area contributed by atoms with Gasteiger partial charge in [0.1, 0.15) is 5.51 Å². The van der Waals surface area contributed by atoms with E-state index in [2.05, 4.69) is 26.1 Å². The molecule has 33 heavy (non-hydrogen) atoms. The Labute approximate surface area is 195 Å². The molecular weight excluding hydrogens is 436 g/mol. The van der Waals surface area contributed by atoms with Crippen molar-refractivity contribution in [1.29, 1.82) is 0 Å². The summed E-state index contributed by atoms with van der Waals surface area (Å²) in [5.74, 6) is 0. The lowest BCUT2D eigenvalue weighted by Crippen LogP contribution is -2.46. The van der Waals surface area contributed by atoms with Crippen LogP contribution >= 0.6 is 11.3 Å². The molecule has 2 aliphatic rings. The second kappa shape index (κ2) is 8.39. The Hall–Kier alpha value is -3.04. The van der Waals surface area contributed by atoms with Gasteiger partial charge in [-0.3, -0.25) is 9.36 Å². The van der Waals surface area contributed by atoms with E-state index in [9.17, 15) is 9.90 Å². The monoisotopic (exact) mass is 462 g/mol. The van der Waals surface area contributed by atoms with Crippen LogP contribution in [0, 0.1) is 0 Å². The van der Waals surface area contributed by atoms with E-state index in [1.54, 1.807) is 27.7 Å². The van der Waals surface area contributed by atoms with E-state index in [-0.39, 0.29) is 11.6 Å². The Morgan fingerprint density at radius 1 is 0.970 bits per heavy atom. The van der Waals surface area contributed by atoms with Gasteiger partial charge in [0.2, 0.25) is 5.13 Å². The predicted octanol–water partition coefficient (Wildman–Crippen LogP) is 3.20. The number of aliphatic hydroxyl groups is 1. The van der Waals surface area contributed by atoms with Crippen LogP contribution in [-0.2, 0) is 0 Å². The van der Waals surface area contributed by atoms with Crippen LogP contribution in [-0.4, -0.2) is 57.1 Å². The second-order valence-corrected chi connectivity index (χ2v) is 9.72.